The minimum Gasteiger partial charge on any atom is -0.454 e. The quantitative estimate of drug-likeness (QED) is 0.771. The highest BCUT2D eigenvalue weighted by molar-refractivity contribution is 7.10. The third-order valence-electron chi connectivity index (χ3n) is 4.16. The summed E-state index contributed by atoms with van der Waals surface area (Å²) in [4.78, 5) is 4.83. The van der Waals surface area contributed by atoms with E-state index < -0.39 is 0 Å². The minimum absolute atomic E-state index is 0.429. The molecule has 3 aromatic rings. The molecule has 1 N–H and O–H groups in total. The molecule has 4 rings (SSSR count). The lowest BCUT2D eigenvalue weighted by molar-refractivity contribution is 0.619. The van der Waals surface area contributed by atoms with Crippen LogP contribution in [-0.4, -0.2) is 11.5 Å². The molecule has 1 fully saturated rings. The topological polar surface area (TPSA) is 38.1 Å². The summed E-state index contributed by atoms with van der Waals surface area (Å²) in [7, 11) is 0. The number of hydrogen-bond donors (Lipinski definition) is 1. The van der Waals surface area contributed by atoms with Gasteiger partial charge in [0.25, 0.3) is 0 Å². The van der Waals surface area contributed by atoms with Gasteiger partial charge in [-0.3, -0.25) is 0 Å². The maximum Gasteiger partial charge on any atom is 0.157 e. The van der Waals surface area contributed by atoms with Crippen LogP contribution >= 0.6 is 11.3 Å². The normalized spacial score (nSPS) is 18.6. The van der Waals surface area contributed by atoms with Crippen LogP contribution in [0.5, 0.6) is 0 Å². The molecule has 1 unspecified atom stereocenters. The van der Waals surface area contributed by atoms with E-state index in [1.165, 1.54) is 28.8 Å². The highest BCUT2D eigenvalue weighted by Gasteiger charge is 2.22. The van der Waals surface area contributed by atoms with Crippen molar-refractivity contribution in [3.63, 3.8) is 0 Å². The third-order valence-corrected chi connectivity index (χ3v) is 5.12. The van der Waals surface area contributed by atoms with Crippen LogP contribution in [0.4, 0.5) is 0 Å². The fourth-order valence-electron chi connectivity index (χ4n) is 3.10. The molecule has 108 valence electrons. The zero-order valence-corrected chi connectivity index (χ0v) is 12.9. The predicted molar refractivity (Wildman–Crippen MR) is 86.7 cm³/mol. The molecule has 0 amide bonds. The van der Waals surface area contributed by atoms with Crippen molar-refractivity contribution < 1.29 is 4.42 Å². The van der Waals surface area contributed by atoms with Gasteiger partial charge in [0, 0.05) is 16.3 Å². The van der Waals surface area contributed by atoms with Crippen molar-refractivity contribution in [2.24, 2.45) is 0 Å². The number of nitrogens with zero attached hydrogens (tertiary/aromatic N) is 1. The van der Waals surface area contributed by atoms with Gasteiger partial charge in [-0.25, -0.2) is 4.98 Å². The summed E-state index contributed by atoms with van der Waals surface area (Å²) in [5.41, 5.74) is 3.21. The number of aromatic nitrogens is 1. The first-order valence-electron chi connectivity index (χ1n) is 7.56. The largest absolute Gasteiger partial charge is 0.454 e. The molecule has 0 spiro atoms. The molecule has 1 aliphatic heterocycles. The van der Waals surface area contributed by atoms with Crippen LogP contribution in [-0.2, 0) is 6.42 Å². The molecule has 3 heterocycles. The van der Waals surface area contributed by atoms with E-state index in [0.717, 1.165) is 30.0 Å². The van der Waals surface area contributed by atoms with Crippen molar-refractivity contribution >= 4 is 22.3 Å². The SMILES string of the molecule is CCc1c(-c2csc(C3CCCN3)n2)oc2ccccc12. The Hall–Kier alpha value is -1.65. The molecule has 1 aromatic carbocycles. The van der Waals surface area contributed by atoms with E-state index >= 15 is 0 Å². The Balaban J connectivity index is 1.79. The highest BCUT2D eigenvalue weighted by atomic mass is 32.1. The molecule has 0 bridgehead atoms. The van der Waals surface area contributed by atoms with Crippen LogP contribution in [0.3, 0.4) is 0 Å². The van der Waals surface area contributed by atoms with Crippen molar-refractivity contribution in [3.05, 3.63) is 40.2 Å². The lowest BCUT2D eigenvalue weighted by Crippen LogP contribution is -2.12. The molecule has 1 aliphatic rings. The van der Waals surface area contributed by atoms with Crippen molar-refractivity contribution in [1.29, 1.82) is 0 Å². The van der Waals surface area contributed by atoms with Gasteiger partial charge in [0.05, 0.1) is 6.04 Å². The van der Waals surface area contributed by atoms with E-state index in [1.54, 1.807) is 11.3 Å². The zero-order valence-electron chi connectivity index (χ0n) is 12.1. The first-order valence-corrected chi connectivity index (χ1v) is 8.44. The third kappa shape index (κ3) is 2.19. The number of hydrogen-bond acceptors (Lipinski definition) is 4. The summed E-state index contributed by atoms with van der Waals surface area (Å²) in [5.74, 6) is 0.944. The van der Waals surface area contributed by atoms with Gasteiger partial charge < -0.3 is 9.73 Å². The van der Waals surface area contributed by atoms with Gasteiger partial charge in [-0.05, 0) is 31.9 Å². The van der Waals surface area contributed by atoms with Crippen LogP contribution < -0.4 is 5.32 Å². The Labute approximate surface area is 128 Å². The second-order valence-corrected chi connectivity index (χ2v) is 6.37. The number of nitrogens with one attached hydrogen (secondary N) is 1. The minimum atomic E-state index is 0.429. The Morgan fingerprint density at radius 1 is 1.38 bits per heavy atom. The molecule has 1 saturated heterocycles. The smallest absolute Gasteiger partial charge is 0.157 e. The number of fused-ring (bicyclic) bond motifs is 1. The Kier molecular flexibility index (Phi) is 3.28. The Morgan fingerprint density at radius 3 is 3.10 bits per heavy atom. The van der Waals surface area contributed by atoms with E-state index in [9.17, 15) is 0 Å². The van der Waals surface area contributed by atoms with Crippen LogP contribution in [0.1, 0.15) is 36.4 Å². The molecular weight excluding hydrogens is 280 g/mol. The van der Waals surface area contributed by atoms with Crippen LogP contribution in [0, 0.1) is 0 Å². The van der Waals surface area contributed by atoms with E-state index in [-0.39, 0.29) is 0 Å². The molecule has 0 aliphatic carbocycles. The van der Waals surface area contributed by atoms with Crippen LogP contribution in [0.25, 0.3) is 22.4 Å². The summed E-state index contributed by atoms with van der Waals surface area (Å²) in [6.45, 7) is 3.27. The van der Waals surface area contributed by atoms with E-state index in [0.29, 0.717) is 6.04 Å². The second kappa shape index (κ2) is 5.28. The summed E-state index contributed by atoms with van der Waals surface area (Å²) in [5, 5.41) is 8.04. The molecule has 0 radical (unpaired) electrons. The number of para-hydroxylation sites is 1. The number of rotatable bonds is 3. The Morgan fingerprint density at radius 2 is 2.29 bits per heavy atom. The van der Waals surface area contributed by atoms with E-state index in [1.807, 2.05) is 12.1 Å². The first-order chi connectivity index (χ1) is 10.4. The second-order valence-electron chi connectivity index (χ2n) is 5.48. The molecular formula is C17H18N2OS. The Bertz CT molecular complexity index is 768. The van der Waals surface area contributed by atoms with Gasteiger partial charge in [0.2, 0.25) is 0 Å². The maximum absolute atomic E-state index is 6.08. The molecule has 4 heteroatoms. The van der Waals surface area contributed by atoms with Crippen molar-refractivity contribution in [2.75, 3.05) is 6.54 Å². The summed E-state index contributed by atoms with van der Waals surface area (Å²) < 4.78 is 6.08. The average Bonchev–Trinajstić information content (AvgIpc) is 3.24. The number of aryl methyl sites for hydroxylation is 1. The lowest BCUT2D eigenvalue weighted by Gasteiger charge is -2.04. The first kappa shape index (κ1) is 13.0. The van der Waals surface area contributed by atoms with Crippen molar-refractivity contribution in [3.8, 4) is 11.5 Å². The average molecular weight is 298 g/mol. The van der Waals surface area contributed by atoms with E-state index in [4.69, 9.17) is 9.40 Å². The molecule has 3 nitrogen and oxygen atoms in total. The maximum atomic E-state index is 6.08. The lowest BCUT2D eigenvalue weighted by atomic mass is 10.1. The predicted octanol–water partition coefficient (Wildman–Crippen LogP) is 4.54. The van der Waals surface area contributed by atoms with Crippen LogP contribution in [0.2, 0.25) is 0 Å². The fraction of sp³-hybridized carbons (Fsp3) is 0.353. The standard InChI is InChI=1S/C17H18N2OS/c1-2-11-12-6-3-4-8-15(12)20-16(11)14-10-21-17(19-14)13-7-5-9-18-13/h3-4,6,8,10,13,18H,2,5,7,9H2,1H3. The van der Waals surface area contributed by atoms with Gasteiger partial charge in [-0.1, -0.05) is 25.1 Å². The molecule has 2 aromatic heterocycles. The fourth-order valence-corrected chi connectivity index (χ4v) is 4.01. The van der Waals surface area contributed by atoms with Gasteiger partial charge in [-0.2, -0.15) is 0 Å². The molecule has 0 saturated carbocycles. The summed E-state index contributed by atoms with van der Waals surface area (Å²) >= 11 is 1.74. The van der Waals surface area contributed by atoms with Gasteiger partial charge in [-0.15, -0.1) is 11.3 Å². The number of thiazole rings is 1. The van der Waals surface area contributed by atoms with Gasteiger partial charge in [0.15, 0.2) is 5.76 Å². The summed E-state index contributed by atoms with van der Waals surface area (Å²) in [6, 6.07) is 8.68. The van der Waals surface area contributed by atoms with E-state index in [2.05, 4.69) is 29.8 Å². The summed E-state index contributed by atoms with van der Waals surface area (Å²) in [6.07, 6.45) is 3.39. The number of benzene rings is 1. The monoisotopic (exact) mass is 298 g/mol. The van der Waals surface area contributed by atoms with Crippen molar-refractivity contribution in [1.82, 2.24) is 10.3 Å². The van der Waals surface area contributed by atoms with Crippen molar-refractivity contribution in [2.45, 2.75) is 32.2 Å². The highest BCUT2D eigenvalue weighted by Crippen LogP contribution is 2.36. The number of furan rings is 1. The molecule has 21 heavy (non-hydrogen) atoms. The van der Waals surface area contributed by atoms with Gasteiger partial charge >= 0.3 is 0 Å². The van der Waals surface area contributed by atoms with Gasteiger partial charge in [0.1, 0.15) is 16.3 Å². The zero-order chi connectivity index (χ0) is 14.2. The molecule has 1 atom stereocenters. The van der Waals surface area contributed by atoms with Crippen LogP contribution in [0.15, 0.2) is 34.1 Å².